The molecule has 32 heavy (non-hydrogen) atoms. The molecule has 0 radical (unpaired) electrons. The number of benzene rings is 1. The number of hydrogen-bond donors (Lipinski definition) is 2. The van der Waals surface area contributed by atoms with Crippen molar-refractivity contribution in [2.45, 2.75) is 52.6 Å². The molecule has 2 aromatic rings. The van der Waals surface area contributed by atoms with Crippen molar-refractivity contribution in [1.82, 2.24) is 10.3 Å². The molecule has 3 rings (SSSR count). The lowest BCUT2D eigenvalue weighted by atomic mass is 9.90. The van der Waals surface area contributed by atoms with Crippen LogP contribution in [-0.4, -0.2) is 36.5 Å². The predicted octanol–water partition coefficient (Wildman–Crippen LogP) is 6.29. The number of aliphatic imine (C=N–C) groups is 1. The number of aromatic nitrogens is 1. The number of carbonyl (C=O) groups is 1. The van der Waals surface area contributed by atoms with Gasteiger partial charge < -0.3 is 15.4 Å². The highest BCUT2D eigenvalue weighted by atomic mass is 32.1. The van der Waals surface area contributed by atoms with Crippen LogP contribution < -0.4 is 10.6 Å². The molecule has 1 heterocycles. The Morgan fingerprint density at radius 3 is 2.72 bits per heavy atom. The lowest BCUT2D eigenvalue weighted by molar-refractivity contribution is 0.0532. The van der Waals surface area contributed by atoms with Crippen molar-refractivity contribution in [3.05, 3.63) is 52.6 Å². The van der Waals surface area contributed by atoms with Gasteiger partial charge in [0.25, 0.3) is 0 Å². The zero-order chi connectivity index (χ0) is 23.1. The van der Waals surface area contributed by atoms with E-state index in [4.69, 9.17) is 9.72 Å². The molecule has 6 nitrogen and oxygen atoms in total. The Morgan fingerprint density at radius 2 is 2.09 bits per heavy atom. The highest BCUT2D eigenvalue weighted by Gasteiger charge is 2.19. The Labute approximate surface area is 194 Å². The third-order valence-corrected chi connectivity index (χ3v) is 5.78. The quantitative estimate of drug-likeness (QED) is 0.484. The predicted molar refractivity (Wildman–Crippen MR) is 134 cm³/mol. The summed E-state index contributed by atoms with van der Waals surface area (Å²) in [4.78, 5) is 21.0. The average Bonchev–Trinajstić information content (AvgIpc) is 3.16. The van der Waals surface area contributed by atoms with Crippen molar-refractivity contribution in [3.63, 3.8) is 0 Å². The van der Waals surface area contributed by atoms with Gasteiger partial charge >= 0.3 is 6.09 Å². The zero-order valence-electron chi connectivity index (χ0n) is 19.5. The fourth-order valence-corrected chi connectivity index (χ4v) is 4.04. The zero-order valence-corrected chi connectivity index (χ0v) is 20.3. The van der Waals surface area contributed by atoms with Gasteiger partial charge in [0.15, 0.2) is 5.13 Å². The summed E-state index contributed by atoms with van der Waals surface area (Å²) in [5, 5.41) is 9.17. The van der Waals surface area contributed by atoms with Crippen molar-refractivity contribution < 1.29 is 9.53 Å². The minimum atomic E-state index is -0.518. The van der Waals surface area contributed by atoms with E-state index in [0.717, 1.165) is 46.1 Å². The normalized spacial score (nSPS) is 14.3. The van der Waals surface area contributed by atoms with Crippen LogP contribution in [-0.2, 0) is 4.74 Å². The molecule has 0 spiro atoms. The van der Waals surface area contributed by atoms with Crippen molar-refractivity contribution in [2.75, 3.05) is 18.9 Å². The van der Waals surface area contributed by atoms with E-state index in [-0.39, 0.29) is 0 Å². The third kappa shape index (κ3) is 6.53. The van der Waals surface area contributed by atoms with Crippen LogP contribution in [0.3, 0.4) is 0 Å². The van der Waals surface area contributed by atoms with E-state index in [0.29, 0.717) is 6.54 Å². The highest BCUT2D eigenvalue weighted by Crippen LogP contribution is 2.32. The number of allylic oxidation sites excluding steroid dienone is 3. The number of thiazole rings is 1. The highest BCUT2D eigenvalue weighted by molar-refractivity contribution is 7.14. The number of alkyl carbamates (subject to hydrolysis) is 1. The monoisotopic (exact) mass is 452 g/mol. The largest absolute Gasteiger partial charge is 0.444 e. The maximum Gasteiger partial charge on any atom is 0.407 e. The first-order chi connectivity index (χ1) is 15.3. The standard InChI is InChI=1S/C25H32N4O2S/c1-6-17(14-26-5)19-11-8-12-20(13-19)22-16-32-23(29-22)28-21(18-9-7-10-18)15-27-24(30)31-25(2,3)4/h6,8,11-14,16H,7,9-10,15H2,1-5H3,(H,27,30)(H,28,29)/b17-6+,26-14?. The number of nitrogens with zero attached hydrogens (tertiary/aromatic N) is 2. The number of rotatable bonds is 7. The van der Waals surface area contributed by atoms with Gasteiger partial charge in [-0.3, -0.25) is 4.99 Å². The summed E-state index contributed by atoms with van der Waals surface area (Å²) in [6.45, 7) is 7.98. The minimum absolute atomic E-state index is 0.398. The first kappa shape index (κ1) is 23.7. The van der Waals surface area contributed by atoms with Crippen LogP contribution in [0, 0.1) is 0 Å². The topological polar surface area (TPSA) is 75.6 Å². The lowest BCUT2D eigenvalue weighted by Gasteiger charge is -2.24. The van der Waals surface area contributed by atoms with Gasteiger partial charge in [-0.05, 0) is 69.7 Å². The van der Waals surface area contributed by atoms with Gasteiger partial charge in [-0.15, -0.1) is 11.3 Å². The fraction of sp³-hybridized carbons (Fsp3) is 0.400. The maximum absolute atomic E-state index is 12.1. The van der Waals surface area contributed by atoms with E-state index >= 15 is 0 Å². The smallest absolute Gasteiger partial charge is 0.407 e. The molecular weight excluding hydrogens is 420 g/mol. The van der Waals surface area contributed by atoms with Gasteiger partial charge in [-0.25, -0.2) is 9.78 Å². The molecule has 0 unspecified atom stereocenters. The van der Waals surface area contributed by atoms with Crippen molar-refractivity contribution in [3.8, 4) is 11.3 Å². The molecule has 1 saturated carbocycles. The van der Waals surface area contributed by atoms with Crippen molar-refractivity contribution in [2.24, 2.45) is 4.99 Å². The van der Waals surface area contributed by atoms with Gasteiger partial charge in [0, 0.05) is 29.9 Å². The van der Waals surface area contributed by atoms with Crippen molar-refractivity contribution in [1.29, 1.82) is 0 Å². The van der Waals surface area contributed by atoms with Gasteiger partial charge in [-0.2, -0.15) is 0 Å². The van der Waals surface area contributed by atoms with E-state index < -0.39 is 11.7 Å². The van der Waals surface area contributed by atoms with Crippen molar-refractivity contribution >= 4 is 34.3 Å². The van der Waals surface area contributed by atoms with Crippen LogP contribution in [0.2, 0.25) is 0 Å². The van der Waals surface area contributed by atoms with Crippen LogP contribution in [0.5, 0.6) is 0 Å². The molecule has 0 atom stereocenters. The molecule has 1 amide bonds. The van der Waals surface area contributed by atoms with Gasteiger partial charge in [0.1, 0.15) is 5.60 Å². The number of ether oxygens (including phenoxy) is 1. The third-order valence-electron chi connectivity index (χ3n) is 5.03. The number of carbonyl (C=O) groups excluding carboxylic acids is 1. The molecule has 7 heteroatoms. The first-order valence-electron chi connectivity index (χ1n) is 10.9. The van der Waals surface area contributed by atoms with E-state index in [1.54, 1.807) is 18.4 Å². The Balaban J connectivity index is 1.72. The Morgan fingerprint density at radius 1 is 1.31 bits per heavy atom. The number of nitrogens with one attached hydrogen (secondary N) is 2. The van der Waals surface area contributed by atoms with E-state index in [9.17, 15) is 4.79 Å². The Kier molecular flexibility index (Phi) is 7.85. The summed E-state index contributed by atoms with van der Waals surface area (Å²) in [6, 6.07) is 8.31. The second kappa shape index (κ2) is 10.6. The number of amides is 1. The summed E-state index contributed by atoms with van der Waals surface area (Å²) in [5.74, 6) is 0. The Hall–Kier alpha value is -2.93. The van der Waals surface area contributed by atoms with Crippen LogP contribution in [0.1, 0.15) is 52.5 Å². The number of anilines is 1. The van der Waals surface area contributed by atoms with Crippen LogP contribution in [0.4, 0.5) is 9.93 Å². The fourth-order valence-electron chi connectivity index (χ4n) is 3.29. The molecule has 1 aromatic carbocycles. The van der Waals surface area contributed by atoms with Gasteiger partial charge in [0.05, 0.1) is 12.2 Å². The Bertz CT molecular complexity index is 1040. The molecule has 1 aliphatic carbocycles. The van der Waals surface area contributed by atoms with E-state index in [2.05, 4.69) is 45.3 Å². The molecule has 0 saturated heterocycles. The summed E-state index contributed by atoms with van der Waals surface area (Å²) < 4.78 is 5.36. The molecule has 1 fully saturated rings. The minimum Gasteiger partial charge on any atom is -0.444 e. The molecule has 2 N–H and O–H groups in total. The second-order valence-electron chi connectivity index (χ2n) is 8.67. The number of hydrogen-bond acceptors (Lipinski definition) is 6. The van der Waals surface area contributed by atoms with Crippen LogP contribution in [0.15, 0.2) is 52.0 Å². The average molecular weight is 453 g/mol. The first-order valence-corrected chi connectivity index (χ1v) is 11.8. The summed E-state index contributed by atoms with van der Waals surface area (Å²) in [7, 11) is 1.78. The summed E-state index contributed by atoms with van der Waals surface area (Å²) >= 11 is 1.56. The molecule has 0 bridgehead atoms. The van der Waals surface area contributed by atoms with Gasteiger partial charge in [-0.1, -0.05) is 24.3 Å². The molecule has 1 aromatic heterocycles. The summed E-state index contributed by atoms with van der Waals surface area (Å²) in [6.07, 6.45) is 6.77. The molecule has 170 valence electrons. The van der Waals surface area contributed by atoms with Gasteiger partial charge in [0.2, 0.25) is 0 Å². The van der Waals surface area contributed by atoms with Crippen LogP contribution >= 0.6 is 11.3 Å². The van der Waals surface area contributed by atoms with E-state index in [1.165, 1.54) is 12.0 Å². The maximum atomic E-state index is 12.1. The summed E-state index contributed by atoms with van der Waals surface area (Å²) in [5.41, 5.74) is 5.98. The molecular formula is C25H32N4O2S. The van der Waals surface area contributed by atoms with Crippen LogP contribution in [0.25, 0.3) is 16.8 Å². The second-order valence-corrected chi connectivity index (χ2v) is 9.52. The SMILES string of the molecule is C/C=C(\C=NC)c1cccc(-c2csc(NC(CNC(=O)OC(C)(C)C)=C3CCC3)n2)c1. The lowest BCUT2D eigenvalue weighted by Crippen LogP contribution is -2.35. The van der Waals surface area contributed by atoms with E-state index in [1.807, 2.05) is 40.0 Å². The molecule has 1 aliphatic rings. The molecule has 0 aliphatic heterocycles.